The molecular weight excluding hydrogens is 844 g/mol. The van der Waals surface area contributed by atoms with Crippen molar-refractivity contribution in [1.82, 2.24) is 5.32 Å². The second kappa shape index (κ2) is 46.4. The first-order valence-electron chi connectivity index (χ1n) is 27.1. The SMILES string of the molecule is CC/C=C/C=C/C=C\CCCCCCCC(=O)OC(/C=C/CCCCCCCCCCCC)C(COP(=O)([O-])OCC[N+](C)(C)C)NC(=O)CCCCCCCCC/C=C\CCCCCC. The van der Waals surface area contributed by atoms with E-state index in [-0.39, 0.29) is 24.9 Å². The molecule has 3 unspecified atom stereocenters. The molecule has 384 valence electrons. The van der Waals surface area contributed by atoms with Gasteiger partial charge in [-0.15, -0.1) is 0 Å². The Bertz CT molecular complexity index is 1320. The average Bonchev–Trinajstić information content (AvgIpc) is 3.27. The summed E-state index contributed by atoms with van der Waals surface area (Å²) >= 11 is 0. The van der Waals surface area contributed by atoms with Gasteiger partial charge in [0.05, 0.1) is 33.8 Å². The Labute approximate surface area is 407 Å². The lowest BCUT2D eigenvalue weighted by molar-refractivity contribution is -0.870. The zero-order valence-electron chi connectivity index (χ0n) is 43.6. The number of ether oxygens (including phenoxy) is 1. The molecule has 0 aromatic carbocycles. The van der Waals surface area contributed by atoms with E-state index >= 15 is 0 Å². The summed E-state index contributed by atoms with van der Waals surface area (Å²) in [5, 5.41) is 3.01. The van der Waals surface area contributed by atoms with Crippen molar-refractivity contribution in [2.75, 3.05) is 40.9 Å². The minimum atomic E-state index is -4.70. The first-order chi connectivity index (χ1) is 31.9. The normalized spacial score (nSPS) is 14.3. The fraction of sp³-hybridized carbons (Fsp3) is 0.786. The van der Waals surface area contributed by atoms with Gasteiger partial charge >= 0.3 is 5.97 Å². The number of hydrogen-bond donors (Lipinski definition) is 1. The van der Waals surface area contributed by atoms with E-state index in [1.54, 1.807) is 0 Å². The maximum atomic E-state index is 13.4. The molecule has 66 heavy (non-hydrogen) atoms. The highest BCUT2D eigenvalue weighted by Gasteiger charge is 2.27. The number of allylic oxidation sites excluding steroid dienone is 9. The number of phosphoric ester groups is 1. The number of quaternary nitrogens is 1. The molecule has 0 aliphatic carbocycles. The van der Waals surface area contributed by atoms with Gasteiger partial charge in [0, 0.05) is 12.8 Å². The fourth-order valence-electron chi connectivity index (χ4n) is 7.52. The van der Waals surface area contributed by atoms with E-state index in [4.69, 9.17) is 13.8 Å². The van der Waals surface area contributed by atoms with Crippen LogP contribution in [0, 0.1) is 0 Å². The minimum absolute atomic E-state index is 0.0281. The first kappa shape index (κ1) is 63.7. The Morgan fingerprint density at radius 3 is 1.50 bits per heavy atom. The number of hydrogen-bond acceptors (Lipinski definition) is 7. The molecule has 0 fully saturated rings. The van der Waals surface area contributed by atoms with Gasteiger partial charge in [0.15, 0.2) is 0 Å². The van der Waals surface area contributed by atoms with Gasteiger partial charge < -0.3 is 28.5 Å². The van der Waals surface area contributed by atoms with Gasteiger partial charge in [0.2, 0.25) is 5.91 Å². The lowest BCUT2D eigenvalue weighted by atomic mass is 10.0. The minimum Gasteiger partial charge on any atom is -0.756 e. The van der Waals surface area contributed by atoms with Crippen molar-refractivity contribution in [3.05, 3.63) is 60.8 Å². The topological polar surface area (TPSA) is 114 Å². The third-order valence-electron chi connectivity index (χ3n) is 11.7. The summed E-state index contributed by atoms with van der Waals surface area (Å²) in [4.78, 5) is 39.7. The van der Waals surface area contributed by atoms with E-state index in [1.807, 2.05) is 39.4 Å². The molecule has 0 rings (SSSR count). The number of nitrogens with one attached hydrogen (secondary N) is 1. The summed E-state index contributed by atoms with van der Waals surface area (Å²) < 4.78 is 30.1. The Morgan fingerprint density at radius 2 is 0.985 bits per heavy atom. The molecule has 0 heterocycles. The van der Waals surface area contributed by atoms with Crippen molar-refractivity contribution in [2.45, 2.75) is 245 Å². The molecule has 0 aromatic heterocycles. The molecular formula is C56H103N2O7P. The molecule has 0 aliphatic heterocycles. The number of carbonyl (C=O) groups is 2. The maximum absolute atomic E-state index is 13.4. The second-order valence-corrected chi connectivity index (χ2v) is 20.8. The molecule has 0 saturated carbocycles. The monoisotopic (exact) mass is 947 g/mol. The second-order valence-electron chi connectivity index (χ2n) is 19.4. The van der Waals surface area contributed by atoms with Gasteiger partial charge in [0.1, 0.15) is 19.3 Å². The molecule has 3 atom stereocenters. The number of rotatable bonds is 48. The van der Waals surface area contributed by atoms with E-state index in [0.29, 0.717) is 23.9 Å². The van der Waals surface area contributed by atoms with Gasteiger partial charge in [0.25, 0.3) is 7.82 Å². The predicted octanol–water partition coefficient (Wildman–Crippen LogP) is 15.3. The third-order valence-corrected chi connectivity index (χ3v) is 12.7. The molecule has 9 nitrogen and oxygen atoms in total. The molecule has 1 amide bonds. The van der Waals surface area contributed by atoms with E-state index in [1.165, 1.54) is 103 Å². The molecule has 10 heteroatoms. The number of amides is 1. The van der Waals surface area contributed by atoms with Crippen LogP contribution in [0.25, 0.3) is 0 Å². The maximum Gasteiger partial charge on any atom is 0.306 e. The highest BCUT2D eigenvalue weighted by Crippen LogP contribution is 2.38. The Balaban J connectivity index is 5.43. The Morgan fingerprint density at radius 1 is 0.545 bits per heavy atom. The first-order valence-corrected chi connectivity index (χ1v) is 28.6. The van der Waals surface area contributed by atoms with Crippen LogP contribution in [0.3, 0.4) is 0 Å². The summed E-state index contributed by atoms with van der Waals surface area (Å²) in [6, 6.07) is -0.898. The van der Waals surface area contributed by atoms with Crippen molar-refractivity contribution in [1.29, 1.82) is 0 Å². The quantitative estimate of drug-likeness (QED) is 0.0161. The lowest BCUT2D eigenvalue weighted by Crippen LogP contribution is -2.47. The molecule has 1 N–H and O–H groups in total. The zero-order chi connectivity index (χ0) is 48.7. The summed E-state index contributed by atoms with van der Waals surface area (Å²) in [5.41, 5.74) is 0. The van der Waals surface area contributed by atoms with Crippen LogP contribution in [0.4, 0.5) is 0 Å². The smallest absolute Gasteiger partial charge is 0.306 e. The van der Waals surface area contributed by atoms with Crippen LogP contribution in [-0.4, -0.2) is 69.4 Å². The molecule has 0 saturated heterocycles. The van der Waals surface area contributed by atoms with Gasteiger partial charge in [-0.3, -0.25) is 14.2 Å². The Hall–Kier alpha value is -2.29. The van der Waals surface area contributed by atoms with Crippen molar-refractivity contribution in [3.63, 3.8) is 0 Å². The van der Waals surface area contributed by atoms with Crippen molar-refractivity contribution < 1.29 is 37.3 Å². The molecule has 0 aromatic rings. The van der Waals surface area contributed by atoms with Crippen LogP contribution < -0.4 is 10.2 Å². The van der Waals surface area contributed by atoms with Crippen molar-refractivity contribution in [3.8, 4) is 0 Å². The average molecular weight is 947 g/mol. The molecule has 0 bridgehead atoms. The van der Waals surface area contributed by atoms with Gasteiger partial charge in [-0.1, -0.05) is 204 Å². The number of carbonyl (C=O) groups excluding carboxylic acids is 2. The van der Waals surface area contributed by atoms with E-state index in [2.05, 4.69) is 68.6 Å². The molecule has 0 aliphatic rings. The zero-order valence-corrected chi connectivity index (χ0v) is 44.5. The largest absolute Gasteiger partial charge is 0.756 e. The van der Waals surface area contributed by atoms with Crippen LogP contribution >= 0.6 is 7.82 Å². The highest BCUT2D eigenvalue weighted by atomic mass is 31.2. The van der Waals surface area contributed by atoms with E-state index < -0.39 is 26.6 Å². The lowest BCUT2D eigenvalue weighted by Gasteiger charge is -2.30. The van der Waals surface area contributed by atoms with Crippen LogP contribution in [0.2, 0.25) is 0 Å². The highest BCUT2D eigenvalue weighted by molar-refractivity contribution is 7.45. The van der Waals surface area contributed by atoms with Crippen LogP contribution in [0.15, 0.2) is 60.8 Å². The van der Waals surface area contributed by atoms with Gasteiger partial charge in [-0.25, -0.2) is 0 Å². The fourth-order valence-corrected chi connectivity index (χ4v) is 8.24. The van der Waals surface area contributed by atoms with Crippen LogP contribution in [0.5, 0.6) is 0 Å². The van der Waals surface area contributed by atoms with Crippen molar-refractivity contribution in [2.24, 2.45) is 0 Å². The number of esters is 1. The number of unbranched alkanes of at least 4 members (excludes halogenated alkanes) is 26. The summed E-state index contributed by atoms with van der Waals surface area (Å²) in [6.07, 6.45) is 56.1. The number of phosphoric acid groups is 1. The van der Waals surface area contributed by atoms with Crippen LogP contribution in [0.1, 0.15) is 233 Å². The van der Waals surface area contributed by atoms with Gasteiger partial charge in [-0.05, 0) is 76.7 Å². The van der Waals surface area contributed by atoms with Crippen LogP contribution in [-0.2, 0) is 27.9 Å². The summed E-state index contributed by atoms with van der Waals surface area (Å²) in [6.45, 7) is 6.66. The summed E-state index contributed by atoms with van der Waals surface area (Å²) in [5.74, 6) is -0.572. The van der Waals surface area contributed by atoms with E-state index in [9.17, 15) is 19.0 Å². The summed E-state index contributed by atoms with van der Waals surface area (Å²) in [7, 11) is 1.16. The van der Waals surface area contributed by atoms with E-state index in [0.717, 1.165) is 89.9 Å². The predicted molar refractivity (Wildman–Crippen MR) is 279 cm³/mol. The van der Waals surface area contributed by atoms with Crippen molar-refractivity contribution >= 4 is 19.7 Å². The third kappa shape index (κ3) is 46.8. The Kier molecular flexibility index (Phi) is 44.8. The number of likely N-dealkylation sites (N-methyl/N-ethyl adjacent to an activating group) is 1. The molecule has 0 radical (unpaired) electrons. The number of nitrogens with zero attached hydrogens (tertiary/aromatic N) is 1. The molecule has 0 spiro atoms. The standard InChI is InChI=1S/C56H103N2O7P/c1-7-10-13-16-19-22-25-28-29-31-33-36-39-42-45-48-55(59)57-53(52-64-66(61,62)63-51-50-58(4,5)6)54(47-44-41-38-35-32-27-24-21-18-15-12-9-3)65-56(60)49-46-43-40-37-34-30-26-23-20-17-14-11-8-2/h11,14,17,20,22-23,25-26,44,47,53-54H,7-10,12-13,15-16,18-19,21,24,27-43,45-46,48-52H2,1-6H3,(H-,57,59,61,62)/b14-11+,20-17+,25-22-,26-23-,47-44+. The van der Waals surface area contributed by atoms with Gasteiger partial charge in [-0.2, -0.15) is 0 Å².